The van der Waals surface area contributed by atoms with E-state index in [4.69, 9.17) is 15.3 Å². The third-order valence-corrected chi connectivity index (χ3v) is 2.85. The third kappa shape index (κ3) is 5.84. The van der Waals surface area contributed by atoms with Crippen molar-refractivity contribution >= 4 is 11.6 Å². The monoisotopic (exact) mass is 286 g/mol. The van der Waals surface area contributed by atoms with Crippen LogP contribution in [0.25, 0.3) is 0 Å². The van der Waals surface area contributed by atoms with E-state index in [1.54, 1.807) is 12.1 Å². The molecule has 0 radical (unpaired) electrons. The van der Waals surface area contributed by atoms with Gasteiger partial charge in [-0.25, -0.2) is 0 Å². The minimum Gasteiger partial charge on any atom is -0.484 e. The molecule has 1 rings (SSSR count). The van der Waals surface area contributed by atoms with Crippen LogP contribution in [0.2, 0.25) is 0 Å². The Morgan fingerprint density at radius 2 is 1.76 bits per heavy atom. The van der Waals surface area contributed by atoms with Gasteiger partial charge in [0.2, 0.25) is 0 Å². The number of nitrogens with one attached hydrogen (secondary N) is 1. The van der Waals surface area contributed by atoms with E-state index in [2.05, 4.69) is 5.32 Å². The fourth-order valence-electron chi connectivity index (χ4n) is 1.69. The lowest BCUT2D eigenvalue weighted by Gasteiger charge is -2.20. The molecular formula is C15H18N4O2. The fourth-order valence-corrected chi connectivity index (χ4v) is 1.69. The van der Waals surface area contributed by atoms with E-state index in [1.807, 2.05) is 31.3 Å². The number of carbonyl (C=O) groups is 1. The van der Waals surface area contributed by atoms with Crippen molar-refractivity contribution in [2.75, 3.05) is 32.1 Å². The summed E-state index contributed by atoms with van der Waals surface area (Å²) in [6.45, 7) is 0.536. The van der Waals surface area contributed by atoms with Crippen LogP contribution in [0.5, 0.6) is 5.75 Å². The molecule has 0 saturated heterocycles. The summed E-state index contributed by atoms with van der Waals surface area (Å²) in [5.74, 6) is 0.376. The number of nitrogens with zero attached hydrogens (tertiary/aromatic N) is 3. The summed E-state index contributed by atoms with van der Waals surface area (Å²) in [7, 11) is 1.82. The maximum atomic E-state index is 12.0. The highest BCUT2D eigenvalue weighted by atomic mass is 16.5. The Morgan fingerprint density at radius 1 is 1.19 bits per heavy atom. The lowest BCUT2D eigenvalue weighted by Crippen LogP contribution is -2.36. The van der Waals surface area contributed by atoms with Gasteiger partial charge >= 0.3 is 0 Å². The number of nitriles is 2. The Kier molecular flexibility index (Phi) is 7.17. The Hall–Kier alpha value is -2.73. The fraction of sp³-hybridized carbons (Fsp3) is 0.400. The second-order valence-electron chi connectivity index (χ2n) is 4.26. The molecular weight excluding hydrogens is 268 g/mol. The van der Waals surface area contributed by atoms with E-state index in [1.165, 1.54) is 4.90 Å². The number of ether oxygens (including phenoxy) is 1. The molecule has 1 aromatic rings. The molecule has 0 fully saturated rings. The van der Waals surface area contributed by atoms with E-state index in [-0.39, 0.29) is 25.4 Å². The number of amides is 1. The summed E-state index contributed by atoms with van der Waals surface area (Å²) in [4.78, 5) is 13.5. The van der Waals surface area contributed by atoms with Crippen molar-refractivity contribution in [3.8, 4) is 17.9 Å². The molecule has 0 aliphatic rings. The smallest absolute Gasteiger partial charge is 0.260 e. The molecule has 0 aromatic heterocycles. The van der Waals surface area contributed by atoms with Crippen LogP contribution < -0.4 is 10.1 Å². The third-order valence-electron chi connectivity index (χ3n) is 2.85. The van der Waals surface area contributed by atoms with Crippen molar-refractivity contribution in [1.29, 1.82) is 10.5 Å². The van der Waals surface area contributed by atoms with Crippen molar-refractivity contribution in [3.05, 3.63) is 24.3 Å². The molecule has 1 N–H and O–H groups in total. The molecule has 6 nitrogen and oxygen atoms in total. The van der Waals surface area contributed by atoms with Gasteiger partial charge < -0.3 is 15.0 Å². The van der Waals surface area contributed by atoms with Gasteiger partial charge in [0, 0.05) is 25.8 Å². The Balaban J connectivity index is 2.51. The van der Waals surface area contributed by atoms with Crippen LogP contribution in [-0.4, -0.2) is 37.6 Å². The summed E-state index contributed by atoms with van der Waals surface area (Å²) < 4.78 is 5.42. The zero-order valence-electron chi connectivity index (χ0n) is 12.0. The average molecular weight is 286 g/mol. The van der Waals surface area contributed by atoms with Gasteiger partial charge in [-0.1, -0.05) is 0 Å². The zero-order valence-corrected chi connectivity index (χ0v) is 12.0. The molecule has 1 amide bonds. The first-order valence-corrected chi connectivity index (χ1v) is 6.63. The van der Waals surface area contributed by atoms with Crippen molar-refractivity contribution in [3.63, 3.8) is 0 Å². The van der Waals surface area contributed by atoms with E-state index < -0.39 is 0 Å². The molecule has 0 atom stereocenters. The van der Waals surface area contributed by atoms with Crippen molar-refractivity contribution in [1.82, 2.24) is 4.90 Å². The normalized spacial score (nSPS) is 9.29. The van der Waals surface area contributed by atoms with Crippen LogP contribution >= 0.6 is 0 Å². The van der Waals surface area contributed by atoms with Crippen LogP contribution in [0.4, 0.5) is 5.69 Å². The van der Waals surface area contributed by atoms with Crippen LogP contribution in [-0.2, 0) is 4.79 Å². The molecule has 6 heteroatoms. The summed E-state index contributed by atoms with van der Waals surface area (Å²) in [6.07, 6.45) is 0.488. The van der Waals surface area contributed by atoms with Crippen molar-refractivity contribution < 1.29 is 9.53 Å². The van der Waals surface area contributed by atoms with Crippen molar-refractivity contribution in [2.45, 2.75) is 12.8 Å². The molecule has 21 heavy (non-hydrogen) atoms. The maximum absolute atomic E-state index is 12.0. The van der Waals surface area contributed by atoms with Gasteiger partial charge in [0.05, 0.1) is 25.0 Å². The average Bonchev–Trinajstić information content (AvgIpc) is 2.53. The van der Waals surface area contributed by atoms with Crippen LogP contribution in [0, 0.1) is 22.7 Å². The topological polar surface area (TPSA) is 89.2 Å². The van der Waals surface area contributed by atoms with Crippen molar-refractivity contribution in [2.24, 2.45) is 0 Å². The number of anilines is 1. The zero-order chi connectivity index (χ0) is 15.5. The number of benzene rings is 1. The molecule has 1 aromatic carbocycles. The quantitative estimate of drug-likeness (QED) is 0.786. The minimum absolute atomic E-state index is 0.101. The second-order valence-corrected chi connectivity index (χ2v) is 4.26. The molecule has 0 spiro atoms. The molecule has 0 saturated carbocycles. The van der Waals surface area contributed by atoms with Gasteiger partial charge in [0.15, 0.2) is 6.61 Å². The summed E-state index contributed by atoms with van der Waals surface area (Å²) in [6, 6.07) is 11.2. The van der Waals surface area contributed by atoms with E-state index in [0.717, 1.165) is 5.69 Å². The van der Waals surface area contributed by atoms with Gasteiger partial charge in [-0.3, -0.25) is 4.79 Å². The summed E-state index contributed by atoms with van der Waals surface area (Å²) in [5.41, 5.74) is 0.957. The molecule has 0 unspecified atom stereocenters. The molecule has 110 valence electrons. The first-order valence-electron chi connectivity index (χ1n) is 6.63. The van der Waals surface area contributed by atoms with Crippen LogP contribution in [0.15, 0.2) is 24.3 Å². The Labute approximate surface area is 124 Å². The number of carbonyl (C=O) groups excluding carboxylic acids is 1. The number of rotatable bonds is 8. The molecule has 0 aliphatic carbocycles. The molecule has 0 bridgehead atoms. The van der Waals surface area contributed by atoms with Gasteiger partial charge in [-0.05, 0) is 24.3 Å². The maximum Gasteiger partial charge on any atom is 0.260 e. The predicted octanol–water partition coefficient (Wildman–Crippen LogP) is 1.76. The summed E-state index contributed by atoms with van der Waals surface area (Å²) in [5, 5.41) is 20.2. The number of hydrogen-bond acceptors (Lipinski definition) is 5. The Morgan fingerprint density at radius 3 is 2.24 bits per heavy atom. The Bertz CT molecular complexity index is 510. The lowest BCUT2D eigenvalue weighted by molar-refractivity contribution is -0.133. The van der Waals surface area contributed by atoms with Gasteiger partial charge in [0.1, 0.15) is 5.75 Å². The van der Waals surface area contributed by atoms with Gasteiger partial charge in [-0.15, -0.1) is 0 Å². The number of hydrogen-bond donors (Lipinski definition) is 1. The van der Waals surface area contributed by atoms with Gasteiger partial charge in [0.25, 0.3) is 5.91 Å². The van der Waals surface area contributed by atoms with Gasteiger partial charge in [-0.2, -0.15) is 10.5 Å². The SMILES string of the molecule is CNc1ccc(OCC(=O)N(CCC#N)CCC#N)cc1. The van der Waals surface area contributed by atoms with Crippen LogP contribution in [0.1, 0.15) is 12.8 Å². The van der Waals surface area contributed by atoms with E-state index in [0.29, 0.717) is 18.8 Å². The highest BCUT2D eigenvalue weighted by molar-refractivity contribution is 5.77. The minimum atomic E-state index is -0.224. The molecule has 0 heterocycles. The first-order chi connectivity index (χ1) is 10.2. The highest BCUT2D eigenvalue weighted by Gasteiger charge is 2.13. The van der Waals surface area contributed by atoms with E-state index >= 15 is 0 Å². The summed E-state index contributed by atoms with van der Waals surface area (Å²) >= 11 is 0. The van der Waals surface area contributed by atoms with Crippen LogP contribution in [0.3, 0.4) is 0 Å². The molecule has 0 aliphatic heterocycles. The predicted molar refractivity (Wildman–Crippen MR) is 78.5 cm³/mol. The van der Waals surface area contributed by atoms with E-state index in [9.17, 15) is 4.79 Å². The first kappa shape index (κ1) is 16.3. The lowest BCUT2D eigenvalue weighted by atomic mass is 10.3. The second kappa shape index (κ2) is 9.22. The largest absolute Gasteiger partial charge is 0.484 e. The highest BCUT2D eigenvalue weighted by Crippen LogP contribution is 2.15. The standard InChI is InChI=1S/C15H18N4O2/c1-18-13-4-6-14(7-5-13)21-12-15(20)19(10-2-8-16)11-3-9-17/h4-7,18H,2-3,10-12H2,1H3.